The molecule has 0 saturated carbocycles. The fourth-order valence-electron chi connectivity index (χ4n) is 1.92. The van der Waals surface area contributed by atoms with E-state index in [1.54, 1.807) is 0 Å². The van der Waals surface area contributed by atoms with E-state index >= 15 is 0 Å². The second-order valence-electron chi connectivity index (χ2n) is 4.96. The third-order valence-corrected chi connectivity index (χ3v) is 4.54. The van der Waals surface area contributed by atoms with Crippen molar-refractivity contribution in [3.63, 3.8) is 0 Å². The Kier molecular flexibility index (Phi) is 10.1. The zero-order valence-corrected chi connectivity index (χ0v) is 12.5. The fraction of sp³-hybridized carbons (Fsp3) is 0.846. The van der Waals surface area contributed by atoms with Gasteiger partial charge in [-0.2, -0.15) is 0 Å². The lowest BCUT2D eigenvalue weighted by molar-refractivity contribution is -0.137. The molecule has 118 valence electrons. The summed E-state index contributed by atoms with van der Waals surface area (Å²) in [5.74, 6) is -2.90. The van der Waals surface area contributed by atoms with E-state index in [2.05, 4.69) is 0 Å². The Balaban J connectivity index is 3.37. The topological polar surface area (TPSA) is 109 Å². The number of aliphatic carboxylic acids is 2. The van der Waals surface area contributed by atoms with Gasteiger partial charge in [-0.3, -0.25) is 9.59 Å². The summed E-state index contributed by atoms with van der Waals surface area (Å²) in [5, 5.41) is 16.9. The molecule has 0 saturated heterocycles. The van der Waals surface area contributed by atoms with Gasteiger partial charge in [0.05, 0.1) is 5.75 Å². The molecule has 0 aromatic rings. The van der Waals surface area contributed by atoms with E-state index in [1.165, 1.54) is 0 Å². The lowest BCUT2D eigenvalue weighted by Crippen LogP contribution is -2.18. The van der Waals surface area contributed by atoms with Crippen LogP contribution in [-0.2, 0) is 19.4 Å². The highest BCUT2D eigenvalue weighted by molar-refractivity contribution is 7.92. The van der Waals surface area contributed by atoms with Crippen molar-refractivity contribution in [1.29, 1.82) is 0 Å². The van der Waals surface area contributed by atoms with E-state index in [0.717, 1.165) is 38.5 Å². The van der Waals surface area contributed by atoms with Gasteiger partial charge in [-0.15, -0.1) is 0 Å². The summed E-state index contributed by atoms with van der Waals surface area (Å²) >= 11 is 0. The second-order valence-corrected chi connectivity index (χ2v) is 7.14. The van der Waals surface area contributed by atoms with Gasteiger partial charge in [0.15, 0.2) is 9.84 Å². The van der Waals surface area contributed by atoms with Crippen LogP contribution in [0, 0.1) is 0 Å². The number of rotatable bonds is 13. The number of carbonyl (C=O) groups is 2. The molecule has 0 aromatic heterocycles. The molecular formula is C13H24O6S. The molecule has 0 fully saturated rings. The third-order valence-electron chi connectivity index (χ3n) is 2.94. The standard InChI is InChI=1S/C13H24O6S/c14-12(15)9-7-5-3-1-2-4-6-8-10-20(18,19)11-13(16)17/h1-11H2,(H,14,15)(H,16,17). The zero-order valence-electron chi connectivity index (χ0n) is 11.7. The molecule has 0 heterocycles. The number of sulfone groups is 1. The van der Waals surface area contributed by atoms with Crippen molar-refractivity contribution in [2.24, 2.45) is 0 Å². The van der Waals surface area contributed by atoms with Crippen molar-refractivity contribution in [3.05, 3.63) is 0 Å². The maximum Gasteiger partial charge on any atom is 0.318 e. The molecule has 0 aliphatic carbocycles. The summed E-state index contributed by atoms with van der Waals surface area (Å²) in [4.78, 5) is 20.6. The van der Waals surface area contributed by atoms with Crippen LogP contribution in [0.1, 0.15) is 57.8 Å². The number of hydrogen-bond acceptors (Lipinski definition) is 4. The van der Waals surface area contributed by atoms with Crippen molar-refractivity contribution in [1.82, 2.24) is 0 Å². The third kappa shape index (κ3) is 13.3. The Morgan fingerprint density at radius 2 is 1.15 bits per heavy atom. The summed E-state index contributed by atoms with van der Waals surface area (Å²) < 4.78 is 22.5. The largest absolute Gasteiger partial charge is 0.481 e. The predicted octanol–water partition coefficient (Wildman–Crippen LogP) is 2.08. The van der Waals surface area contributed by atoms with E-state index in [4.69, 9.17) is 10.2 Å². The molecule has 0 spiro atoms. The van der Waals surface area contributed by atoms with Crippen molar-refractivity contribution >= 4 is 21.8 Å². The van der Waals surface area contributed by atoms with Crippen LogP contribution < -0.4 is 0 Å². The van der Waals surface area contributed by atoms with Gasteiger partial charge in [0.25, 0.3) is 0 Å². The molecular weight excluding hydrogens is 284 g/mol. The van der Waals surface area contributed by atoms with Crippen LogP contribution >= 0.6 is 0 Å². The van der Waals surface area contributed by atoms with E-state index in [-0.39, 0.29) is 12.2 Å². The summed E-state index contributed by atoms with van der Waals surface area (Å²) in [5.41, 5.74) is 0. The molecule has 2 N–H and O–H groups in total. The van der Waals surface area contributed by atoms with E-state index < -0.39 is 27.5 Å². The Morgan fingerprint density at radius 3 is 1.60 bits per heavy atom. The van der Waals surface area contributed by atoms with Gasteiger partial charge in [0.2, 0.25) is 0 Å². The Morgan fingerprint density at radius 1 is 0.700 bits per heavy atom. The monoisotopic (exact) mass is 308 g/mol. The van der Waals surface area contributed by atoms with Gasteiger partial charge in [-0.05, 0) is 12.8 Å². The van der Waals surface area contributed by atoms with Gasteiger partial charge in [0.1, 0.15) is 5.75 Å². The first-order chi connectivity index (χ1) is 9.33. The predicted molar refractivity (Wildman–Crippen MR) is 75.5 cm³/mol. The summed E-state index contributed by atoms with van der Waals surface area (Å²) in [6.07, 6.45) is 7.12. The number of carboxylic acid groups (broad SMARTS) is 2. The molecule has 0 aliphatic heterocycles. The van der Waals surface area contributed by atoms with Crippen molar-refractivity contribution in [3.8, 4) is 0 Å². The van der Waals surface area contributed by atoms with Gasteiger partial charge in [-0.1, -0.05) is 38.5 Å². The van der Waals surface area contributed by atoms with E-state index in [1.807, 2.05) is 0 Å². The number of carboxylic acids is 2. The second kappa shape index (κ2) is 10.7. The van der Waals surface area contributed by atoms with Crippen LogP contribution in [0.2, 0.25) is 0 Å². The molecule has 0 unspecified atom stereocenters. The zero-order chi connectivity index (χ0) is 15.4. The van der Waals surface area contributed by atoms with Crippen molar-refractivity contribution < 1.29 is 28.2 Å². The van der Waals surface area contributed by atoms with Crippen LogP contribution in [0.4, 0.5) is 0 Å². The van der Waals surface area contributed by atoms with Crippen LogP contribution in [-0.4, -0.2) is 42.1 Å². The quantitative estimate of drug-likeness (QED) is 0.504. The molecule has 6 nitrogen and oxygen atoms in total. The maximum absolute atomic E-state index is 11.3. The highest BCUT2D eigenvalue weighted by Crippen LogP contribution is 2.10. The highest BCUT2D eigenvalue weighted by atomic mass is 32.2. The highest BCUT2D eigenvalue weighted by Gasteiger charge is 2.14. The SMILES string of the molecule is O=C(O)CCCCCCCCCCS(=O)(=O)CC(=O)O. The Labute approximate surface area is 120 Å². The van der Waals surface area contributed by atoms with Gasteiger partial charge in [0, 0.05) is 6.42 Å². The summed E-state index contributed by atoms with van der Waals surface area (Å²) in [6, 6.07) is 0. The molecule has 0 rings (SSSR count). The fourth-order valence-corrected chi connectivity index (χ4v) is 3.08. The van der Waals surface area contributed by atoms with Crippen LogP contribution in [0.3, 0.4) is 0 Å². The van der Waals surface area contributed by atoms with Gasteiger partial charge >= 0.3 is 11.9 Å². The molecule has 0 atom stereocenters. The van der Waals surface area contributed by atoms with Crippen LogP contribution in [0.15, 0.2) is 0 Å². The molecule has 7 heteroatoms. The summed E-state index contributed by atoms with van der Waals surface area (Å²) in [6.45, 7) is 0. The lowest BCUT2D eigenvalue weighted by atomic mass is 10.1. The Hall–Kier alpha value is -1.11. The smallest absolute Gasteiger partial charge is 0.318 e. The normalized spacial score (nSPS) is 11.4. The van der Waals surface area contributed by atoms with E-state index in [9.17, 15) is 18.0 Å². The van der Waals surface area contributed by atoms with Crippen LogP contribution in [0.25, 0.3) is 0 Å². The average molecular weight is 308 g/mol. The maximum atomic E-state index is 11.3. The number of unbranched alkanes of at least 4 members (excludes halogenated alkanes) is 7. The molecule has 0 radical (unpaired) electrons. The first kappa shape index (κ1) is 18.9. The van der Waals surface area contributed by atoms with Crippen LogP contribution in [0.5, 0.6) is 0 Å². The van der Waals surface area contributed by atoms with E-state index in [0.29, 0.717) is 12.8 Å². The lowest BCUT2D eigenvalue weighted by Gasteiger charge is -2.02. The number of hydrogen-bond donors (Lipinski definition) is 2. The molecule has 0 amide bonds. The molecule has 20 heavy (non-hydrogen) atoms. The first-order valence-corrected chi connectivity index (χ1v) is 8.79. The molecule has 0 aliphatic rings. The Bertz CT molecular complexity index is 388. The van der Waals surface area contributed by atoms with Crippen molar-refractivity contribution in [2.45, 2.75) is 57.8 Å². The van der Waals surface area contributed by atoms with Gasteiger partial charge in [-0.25, -0.2) is 8.42 Å². The van der Waals surface area contributed by atoms with Crippen molar-refractivity contribution in [2.75, 3.05) is 11.5 Å². The minimum absolute atomic E-state index is 0.0576. The van der Waals surface area contributed by atoms with Gasteiger partial charge < -0.3 is 10.2 Å². The first-order valence-electron chi connectivity index (χ1n) is 6.97. The minimum Gasteiger partial charge on any atom is -0.481 e. The minimum atomic E-state index is -3.45. The average Bonchev–Trinajstić information content (AvgIpc) is 2.29. The molecule has 0 aromatic carbocycles. The molecule has 0 bridgehead atoms. The summed E-state index contributed by atoms with van der Waals surface area (Å²) in [7, 11) is -3.45.